The molecule has 1 aromatic carbocycles. The minimum absolute atomic E-state index is 0.138. The number of benzene rings is 1. The van der Waals surface area contributed by atoms with Gasteiger partial charge in [0.25, 0.3) is 5.91 Å². The van der Waals surface area contributed by atoms with E-state index in [1.807, 2.05) is 32.2 Å². The summed E-state index contributed by atoms with van der Waals surface area (Å²) in [4.78, 5) is 16.4. The van der Waals surface area contributed by atoms with Crippen LogP contribution in [0, 0.1) is 6.92 Å². The van der Waals surface area contributed by atoms with Crippen LogP contribution in [-0.4, -0.2) is 17.9 Å². The van der Waals surface area contributed by atoms with Crippen LogP contribution in [0.25, 0.3) is 0 Å². The maximum absolute atomic E-state index is 12.2. The fraction of sp³-hybridized carbons (Fsp3) is 0.200. The van der Waals surface area contributed by atoms with Gasteiger partial charge in [0, 0.05) is 28.5 Å². The summed E-state index contributed by atoms with van der Waals surface area (Å²) in [6, 6.07) is 9.22. The van der Waals surface area contributed by atoms with Crippen molar-refractivity contribution in [2.75, 3.05) is 12.4 Å². The first kappa shape index (κ1) is 14.7. The molecule has 0 aliphatic carbocycles. The summed E-state index contributed by atoms with van der Waals surface area (Å²) >= 11 is 3.45. The van der Waals surface area contributed by atoms with Gasteiger partial charge in [0.1, 0.15) is 0 Å². The number of rotatable bonds is 4. The zero-order valence-corrected chi connectivity index (χ0v) is 13.0. The average Bonchev–Trinajstić information content (AvgIpc) is 2.43. The highest BCUT2D eigenvalue weighted by molar-refractivity contribution is 9.10. The predicted octanol–water partition coefficient (Wildman–Crippen LogP) is 3.12. The molecule has 2 aromatic rings. The molecule has 104 valence electrons. The molecule has 0 aliphatic rings. The fourth-order valence-electron chi connectivity index (χ4n) is 1.77. The SMILES string of the molecule is CNCc1cc(C(=O)Nc2ccc(C)c(Br)c2)ccn1. The number of aryl methyl sites for hydroxylation is 1. The van der Waals surface area contributed by atoms with Crippen molar-refractivity contribution in [1.82, 2.24) is 10.3 Å². The maximum atomic E-state index is 12.2. The van der Waals surface area contributed by atoms with Gasteiger partial charge in [0.15, 0.2) is 0 Å². The number of hydrogen-bond donors (Lipinski definition) is 2. The van der Waals surface area contributed by atoms with E-state index in [4.69, 9.17) is 0 Å². The second-order valence-electron chi connectivity index (χ2n) is 4.48. The van der Waals surface area contributed by atoms with Crippen LogP contribution in [0.5, 0.6) is 0 Å². The van der Waals surface area contributed by atoms with Crippen molar-refractivity contribution in [2.24, 2.45) is 0 Å². The lowest BCUT2D eigenvalue weighted by Crippen LogP contribution is -2.14. The van der Waals surface area contributed by atoms with E-state index in [9.17, 15) is 4.79 Å². The Bertz CT molecular complexity index is 628. The van der Waals surface area contributed by atoms with Crippen molar-refractivity contribution >= 4 is 27.5 Å². The van der Waals surface area contributed by atoms with Gasteiger partial charge in [-0.3, -0.25) is 9.78 Å². The highest BCUT2D eigenvalue weighted by Gasteiger charge is 2.08. The molecule has 0 spiro atoms. The van der Waals surface area contributed by atoms with E-state index in [1.165, 1.54) is 0 Å². The molecule has 0 saturated carbocycles. The van der Waals surface area contributed by atoms with E-state index in [2.05, 4.69) is 31.5 Å². The Labute approximate surface area is 126 Å². The van der Waals surface area contributed by atoms with Crippen molar-refractivity contribution in [3.05, 3.63) is 57.8 Å². The topological polar surface area (TPSA) is 54.0 Å². The lowest BCUT2D eigenvalue weighted by atomic mass is 10.2. The predicted molar refractivity (Wildman–Crippen MR) is 83.8 cm³/mol. The summed E-state index contributed by atoms with van der Waals surface area (Å²) < 4.78 is 0.973. The largest absolute Gasteiger partial charge is 0.322 e. The molecule has 0 atom stereocenters. The van der Waals surface area contributed by atoms with E-state index in [-0.39, 0.29) is 5.91 Å². The molecule has 2 rings (SSSR count). The second kappa shape index (κ2) is 6.63. The number of pyridine rings is 1. The van der Waals surface area contributed by atoms with Gasteiger partial charge in [0.05, 0.1) is 5.69 Å². The van der Waals surface area contributed by atoms with Crippen LogP contribution in [0.1, 0.15) is 21.6 Å². The van der Waals surface area contributed by atoms with E-state index in [0.717, 1.165) is 21.4 Å². The van der Waals surface area contributed by atoms with E-state index in [1.54, 1.807) is 18.3 Å². The summed E-state index contributed by atoms with van der Waals surface area (Å²) in [5.41, 5.74) is 3.33. The van der Waals surface area contributed by atoms with Crippen molar-refractivity contribution in [3.8, 4) is 0 Å². The van der Waals surface area contributed by atoms with Gasteiger partial charge >= 0.3 is 0 Å². The molecule has 0 fully saturated rings. The molecule has 0 saturated heterocycles. The molecule has 4 nitrogen and oxygen atoms in total. The van der Waals surface area contributed by atoms with Gasteiger partial charge in [-0.05, 0) is 43.8 Å². The van der Waals surface area contributed by atoms with Crippen LogP contribution in [-0.2, 0) is 6.54 Å². The van der Waals surface area contributed by atoms with Crippen molar-refractivity contribution in [1.29, 1.82) is 0 Å². The molecular weight excluding hydrogens is 318 g/mol. The Morgan fingerprint density at radius 1 is 1.30 bits per heavy atom. The third-order valence-corrected chi connectivity index (χ3v) is 3.72. The number of carbonyl (C=O) groups excluding carboxylic acids is 1. The Morgan fingerprint density at radius 3 is 2.80 bits per heavy atom. The van der Waals surface area contributed by atoms with Gasteiger partial charge in [-0.15, -0.1) is 0 Å². The van der Waals surface area contributed by atoms with E-state index < -0.39 is 0 Å². The van der Waals surface area contributed by atoms with Crippen LogP contribution < -0.4 is 10.6 Å². The maximum Gasteiger partial charge on any atom is 0.255 e. The Hall–Kier alpha value is -1.72. The van der Waals surface area contributed by atoms with Crippen LogP contribution in [0.4, 0.5) is 5.69 Å². The third-order valence-electron chi connectivity index (χ3n) is 2.87. The standard InChI is InChI=1S/C15H16BrN3O/c1-10-3-4-12(8-14(10)16)19-15(20)11-5-6-18-13(7-11)9-17-2/h3-8,17H,9H2,1-2H3,(H,19,20). The van der Waals surface area contributed by atoms with Gasteiger partial charge in [-0.25, -0.2) is 0 Å². The van der Waals surface area contributed by atoms with Crippen LogP contribution in [0.3, 0.4) is 0 Å². The number of halogens is 1. The number of carbonyl (C=O) groups is 1. The average molecular weight is 334 g/mol. The molecule has 5 heteroatoms. The minimum atomic E-state index is -0.138. The Balaban J connectivity index is 2.15. The van der Waals surface area contributed by atoms with Gasteiger partial charge < -0.3 is 10.6 Å². The molecule has 0 aliphatic heterocycles. The molecule has 0 bridgehead atoms. The molecule has 1 amide bonds. The zero-order valence-electron chi connectivity index (χ0n) is 11.4. The Kier molecular flexibility index (Phi) is 4.87. The lowest BCUT2D eigenvalue weighted by Gasteiger charge is -2.08. The highest BCUT2D eigenvalue weighted by atomic mass is 79.9. The molecule has 1 heterocycles. The van der Waals surface area contributed by atoms with Gasteiger partial charge in [0.2, 0.25) is 0 Å². The van der Waals surface area contributed by atoms with E-state index in [0.29, 0.717) is 12.1 Å². The third kappa shape index (κ3) is 3.65. The second-order valence-corrected chi connectivity index (χ2v) is 5.34. The van der Waals surface area contributed by atoms with E-state index >= 15 is 0 Å². The zero-order chi connectivity index (χ0) is 14.5. The number of anilines is 1. The Morgan fingerprint density at radius 2 is 2.10 bits per heavy atom. The summed E-state index contributed by atoms with van der Waals surface area (Å²) in [5, 5.41) is 5.89. The molecular formula is C15H16BrN3O. The number of nitrogens with one attached hydrogen (secondary N) is 2. The summed E-state index contributed by atoms with van der Waals surface area (Å²) in [6.07, 6.45) is 1.65. The fourth-order valence-corrected chi connectivity index (χ4v) is 2.15. The van der Waals surface area contributed by atoms with Gasteiger partial charge in [-0.1, -0.05) is 22.0 Å². The van der Waals surface area contributed by atoms with Crippen molar-refractivity contribution < 1.29 is 4.79 Å². The molecule has 2 N–H and O–H groups in total. The first-order chi connectivity index (χ1) is 9.60. The van der Waals surface area contributed by atoms with Crippen LogP contribution >= 0.6 is 15.9 Å². The van der Waals surface area contributed by atoms with Crippen molar-refractivity contribution in [2.45, 2.75) is 13.5 Å². The monoisotopic (exact) mass is 333 g/mol. The number of aromatic nitrogens is 1. The smallest absolute Gasteiger partial charge is 0.255 e. The normalized spacial score (nSPS) is 10.3. The highest BCUT2D eigenvalue weighted by Crippen LogP contribution is 2.21. The number of hydrogen-bond acceptors (Lipinski definition) is 3. The lowest BCUT2D eigenvalue weighted by molar-refractivity contribution is 0.102. The number of amides is 1. The minimum Gasteiger partial charge on any atom is -0.322 e. The molecule has 0 radical (unpaired) electrons. The van der Waals surface area contributed by atoms with Crippen LogP contribution in [0.2, 0.25) is 0 Å². The summed E-state index contributed by atoms with van der Waals surface area (Å²) in [5.74, 6) is -0.138. The number of nitrogens with zero attached hydrogens (tertiary/aromatic N) is 1. The molecule has 20 heavy (non-hydrogen) atoms. The quantitative estimate of drug-likeness (QED) is 0.903. The first-order valence-electron chi connectivity index (χ1n) is 6.27. The van der Waals surface area contributed by atoms with Crippen molar-refractivity contribution in [3.63, 3.8) is 0 Å². The summed E-state index contributed by atoms with van der Waals surface area (Å²) in [6.45, 7) is 2.64. The summed E-state index contributed by atoms with van der Waals surface area (Å²) in [7, 11) is 1.85. The van der Waals surface area contributed by atoms with Gasteiger partial charge in [-0.2, -0.15) is 0 Å². The molecule has 0 unspecified atom stereocenters. The first-order valence-corrected chi connectivity index (χ1v) is 7.06. The van der Waals surface area contributed by atoms with Crippen LogP contribution in [0.15, 0.2) is 41.0 Å². The molecule has 1 aromatic heterocycles.